The van der Waals surface area contributed by atoms with Crippen molar-refractivity contribution in [3.63, 3.8) is 0 Å². The van der Waals surface area contributed by atoms with E-state index in [-0.39, 0.29) is 5.91 Å². The molecule has 3 heteroatoms. The van der Waals surface area contributed by atoms with Crippen molar-refractivity contribution in [2.45, 2.75) is 58.8 Å². The van der Waals surface area contributed by atoms with Crippen molar-refractivity contribution in [1.82, 2.24) is 9.80 Å². The van der Waals surface area contributed by atoms with E-state index in [0.717, 1.165) is 32.5 Å². The Labute approximate surface area is 126 Å². The van der Waals surface area contributed by atoms with Crippen molar-refractivity contribution < 1.29 is 4.79 Å². The second kappa shape index (κ2) is 12.0. The first-order valence-corrected chi connectivity index (χ1v) is 8.08. The molecule has 0 heterocycles. The number of rotatable bonds is 12. The molecule has 0 aliphatic carbocycles. The van der Waals surface area contributed by atoms with Crippen LogP contribution in [0.1, 0.15) is 58.8 Å². The third-order valence-electron chi connectivity index (χ3n) is 3.47. The highest BCUT2D eigenvalue weighted by Crippen LogP contribution is 2.08. The van der Waals surface area contributed by atoms with Gasteiger partial charge in [-0.05, 0) is 40.4 Å². The van der Waals surface area contributed by atoms with Crippen LogP contribution in [0.2, 0.25) is 0 Å². The van der Waals surface area contributed by atoms with Crippen LogP contribution in [0.4, 0.5) is 0 Å². The molecule has 0 bridgehead atoms. The Balaban J connectivity index is 3.99. The van der Waals surface area contributed by atoms with Crippen molar-refractivity contribution >= 4 is 5.91 Å². The summed E-state index contributed by atoms with van der Waals surface area (Å²) in [6.07, 6.45) is 8.61. The van der Waals surface area contributed by atoms with Gasteiger partial charge in [-0.3, -0.25) is 4.79 Å². The van der Waals surface area contributed by atoms with Crippen LogP contribution in [-0.4, -0.2) is 49.4 Å². The fraction of sp³-hybridized carbons (Fsp3) is 0.824. The summed E-state index contributed by atoms with van der Waals surface area (Å²) in [4.78, 5) is 16.2. The summed E-state index contributed by atoms with van der Waals surface area (Å²) >= 11 is 0. The molecule has 118 valence electrons. The number of carbonyl (C=O) groups is 1. The highest BCUT2D eigenvalue weighted by Gasteiger charge is 2.13. The topological polar surface area (TPSA) is 23.6 Å². The van der Waals surface area contributed by atoms with Gasteiger partial charge >= 0.3 is 0 Å². The summed E-state index contributed by atoms with van der Waals surface area (Å²) in [5.41, 5.74) is 0.654. The minimum absolute atomic E-state index is 0.123. The van der Waals surface area contributed by atoms with Crippen molar-refractivity contribution in [3.05, 3.63) is 12.2 Å². The van der Waals surface area contributed by atoms with Crippen LogP contribution in [0.3, 0.4) is 0 Å². The summed E-state index contributed by atoms with van der Waals surface area (Å²) in [6, 6.07) is 0. The lowest BCUT2D eigenvalue weighted by atomic mass is 10.1. The Morgan fingerprint density at radius 3 is 2.00 bits per heavy atom. The fourth-order valence-electron chi connectivity index (χ4n) is 2.25. The monoisotopic (exact) mass is 282 g/mol. The van der Waals surface area contributed by atoms with E-state index in [1.807, 2.05) is 11.8 Å². The molecule has 0 unspecified atom stereocenters. The Bertz CT molecular complexity index is 274. The van der Waals surface area contributed by atoms with E-state index in [1.54, 1.807) is 0 Å². The second-order valence-electron chi connectivity index (χ2n) is 6.00. The Hall–Kier alpha value is -0.830. The largest absolute Gasteiger partial charge is 0.339 e. The van der Waals surface area contributed by atoms with Gasteiger partial charge in [0.15, 0.2) is 0 Å². The van der Waals surface area contributed by atoms with Gasteiger partial charge in [0.25, 0.3) is 0 Å². The lowest BCUT2D eigenvalue weighted by Gasteiger charge is -2.23. The van der Waals surface area contributed by atoms with Crippen LogP contribution in [-0.2, 0) is 4.79 Å². The predicted molar refractivity (Wildman–Crippen MR) is 87.9 cm³/mol. The van der Waals surface area contributed by atoms with Crippen LogP contribution >= 0.6 is 0 Å². The van der Waals surface area contributed by atoms with Crippen molar-refractivity contribution in [2.75, 3.05) is 33.7 Å². The number of nitrogens with zero attached hydrogens (tertiary/aromatic N) is 2. The average Bonchev–Trinajstić information content (AvgIpc) is 2.39. The van der Waals surface area contributed by atoms with Gasteiger partial charge in [0, 0.05) is 18.7 Å². The quantitative estimate of drug-likeness (QED) is 0.402. The third-order valence-corrected chi connectivity index (χ3v) is 3.47. The number of hydrogen-bond donors (Lipinski definition) is 0. The molecular weight excluding hydrogens is 248 g/mol. The predicted octanol–water partition coefficient (Wildman–Crippen LogP) is 3.70. The zero-order valence-electron chi connectivity index (χ0n) is 14.1. The van der Waals surface area contributed by atoms with Gasteiger partial charge in [0.1, 0.15) is 0 Å². The molecule has 0 spiro atoms. The first-order chi connectivity index (χ1) is 9.49. The molecule has 0 aliphatic rings. The first-order valence-electron chi connectivity index (χ1n) is 8.08. The lowest BCUT2D eigenvalue weighted by Crippen LogP contribution is -2.34. The molecule has 0 atom stereocenters. The Morgan fingerprint density at radius 2 is 1.45 bits per heavy atom. The van der Waals surface area contributed by atoms with E-state index in [4.69, 9.17) is 0 Å². The van der Waals surface area contributed by atoms with Gasteiger partial charge < -0.3 is 9.80 Å². The van der Waals surface area contributed by atoms with Gasteiger partial charge in [-0.25, -0.2) is 0 Å². The number of hydrogen-bond acceptors (Lipinski definition) is 2. The Kier molecular flexibility index (Phi) is 11.5. The third kappa shape index (κ3) is 10.0. The number of unbranched alkanes of at least 4 members (excludes halogenated alkanes) is 5. The molecule has 20 heavy (non-hydrogen) atoms. The minimum atomic E-state index is 0.123. The van der Waals surface area contributed by atoms with E-state index in [0.29, 0.717) is 5.57 Å². The van der Waals surface area contributed by atoms with Crippen LogP contribution in [0.15, 0.2) is 12.2 Å². The maximum atomic E-state index is 12.1. The lowest BCUT2D eigenvalue weighted by molar-refractivity contribution is -0.127. The van der Waals surface area contributed by atoms with Crippen LogP contribution in [0.5, 0.6) is 0 Å². The maximum absolute atomic E-state index is 12.1. The zero-order valence-corrected chi connectivity index (χ0v) is 14.1. The zero-order chi connectivity index (χ0) is 15.4. The van der Waals surface area contributed by atoms with Crippen LogP contribution in [0, 0.1) is 0 Å². The van der Waals surface area contributed by atoms with Gasteiger partial charge in [-0.15, -0.1) is 0 Å². The fourth-order valence-corrected chi connectivity index (χ4v) is 2.25. The van der Waals surface area contributed by atoms with Gasteiger partial charge in [0.05, 0.1) is 0 Å². The van der Waals surface area contributed by atoms with E-state index in [1.165, 1.54) is 32.1 Å². The van der Waals surface area contributed by atoms with E-state index in [9.17, 15) is 4.79 Å². The Morgan fingerprint density at radius 1 is 0.900 bits per heavy atom. The summed E-state index contributed by atoms with van der Waals surface area (Å²) in [5, 5.41) is 0. The SMILES string of the molecule is C=C(C)C(=O)N(CCCCCCCC)CCCN(C)C. The van der Waals surface area contributed by atoms with Crippen molar-refractivity contribution in [1.29, 1.82) is 0 Å². The standard InChI is InChI=1S/C17H34N2O/c1-6-7-8-9-10-11-14-19(17(20)16(2)3)15-12-13-18(4)5/h2,6-15H2,1,3-5H3. The van der Waals surface area contributed by atoms with Gasteiger partial charge in [-0.1, -0.05) is 45.6 Å². The molecule has 0 aliphatic heterocycles. The molecule has 0 rings (SSSR count). The molecule has 3 nitrogen and oxygen atoms in total. The molecule has 0 radical (unpaired) electrons. The molecule has 0 aromatic carbocycles. The second-order valence-corrected chi connectivity index (χ2v) is 6.00. The number of amides is 1. The summed E-state index contributed by atoms with van der Waals surface area (Å²) < 4.78 is 0. The molecule has 0 saturated carbocycles. The molecule has 0 saturated heterocycles. The first kappa shape index (κ1) is 19.2. The van der Waals surface area contributed by atoms with Crippen molar-refractivity contribution in [2.24, 2.45) is 0 Å². The van der Waals surface area contributed by atoms with E-state index >= 15 is 0 Å². The van der Waals surface area contributed by atoms with E-state index < -0.39 is 0 Å². The van der Waals surface area contributed by atoms with E-state index in [2.05, 4.69) is 32.5 Å². The van der Waals surface area contributed by atoms with Gasteiger partial charge in [-0.2, -0.15) is 0 Å². The van der Waals surface area contributed by atoms with Crippen molar-refractivity contribution in [3.8, 4) is 0 Å². The molecule has 0 fully saturated rings. The smallest absolute Gasteiger partial charge is 0.248 e. The van der Waals surface area contributed by atoms with Crippen LogP contribution in [0.25, 0.3) is 0 Å². The van der Waals surface area contributed by atoms with Gasteiger partial charge in [0.2, 0.25) is 5.91 Å². The molecular formula is C17H34N2O. The molecule has 0 N–H and O–H groups in total. The molecule has 0 aromatic heterocycles. The van der Waals surface area contributed by atoms with Crippen LogP contribution < -0.4 is 0 Å². The average molecular weight is 282 g/mol. The minimum Gasteiger partial charge on any atom is -0.339 e. The highest BCUT2D eigenvalue weighted by atomic mass is 16.2. The summed E-state index contributed by atoms with van der Waals surface area (Å²) in [7, 11) is 4.14. The molecule has 1 amide bonds. The number of carbonyl (C=O) groups excluding carboxylic acids is 1. The summed E-state index contributed by atoms with van der Waals surface area (Å²) in [6.45, 7) is 10.6. The normalized spacial score (nSPS) is 10.8. The summed E-state index contributed by atoms with van der Waals surface area (Å²) in [5.74, 6) is 0.123. The highest BCUT2D eigenvalue weighted by molar-refractivity contribution is 5.92. The molecule has 0 aromatic rings. The maximum Gasteiger partial charge on any atom is 0.248 e.